The van der Waals surface area contributed by atoms with Crippen molar-refractivity contribution < 1.29 is 9.52 Å². The molecule has 5 heteroatoms. The molecule has 0 saturated carbocycles. The molecule has 1 atom stereocenters. The number of aliphatic hydroxyl groups excluding tert-OH is 1. The normalized spacial score (nSPS) is 12.9. The van der Waals surface area contributed by atoms with Gasteiger partial charge in [0.15, 0.2) is 12.0 Å². The van der Waals surface area contributed by atoms with Crippen molar-refractivity contribution in [2.75, 3.05) is 25.0 Å². The predicted molar refractivity (Wildman–Crippen MR) is 62.3 cm³/mol. The minimum absolute atomic E-state index is 0.259. The first-order valence-corrected chi connectivity index (χ1v) is 5.13. The molecule has 1 aromatic heterocycles. The lowest BCUT2D eigenvalue weighted by Gasteiger charge is -2.21. The van der Waals surface area contributed by atoms with Crippen LogP contribution in [-0.4, -0.2) is 36.3 Å². The van der Waals surface area contributed by atoms with Gasteiger partial charge in [0.25, 0.3) is 0 Å². The van der Waals surface area contributed by atoms with Gasteiger partial charge in [-0.25, -0.2) is 4.98 Å². The maximum absolute atomic E-state index is 9.46. The van der Waals surface area contributed by atoms with Gasteiger partial charge < -0.3 is 20.2 Å². The van der Waals surface area contributed by atoms with E-state index in [2.05, 4.69) is 4.98 Å². The van der Waals surface area contributed by atoms with Gasteiger partial charge in [-0.05, 0) is 12.1 Å². The highest BCUT2D eigenvalue weighted by molar-refractivity contribution is 5.76. The lowest BCUT2D eigenvalue weighted by atomic mass is 10.2. The Bertz CT molecular complexity index is 469. The highest BCUT2D eigenvalue weighted by atomic mass is 16.3. The van der Waals surface area contributed by atoms with Crippen molar-refractivity contribution >= 4 is 16.8 Å². The average molecular weight is 221 g/mol. The summed E-state index contributed by atoms with van der Waals surface area (Å²) >= 11 is 0. The number of aliphatic hydroxyl groups is 1. The number of hydrogen-bond acceptors (Lipinski definition) is 5. The van der Waals surface area contributed by atoms with Crippen molar-refractivity contribution in [3.8, 4) is 0 Å². The molecule has 0 aliphatic heterocycles. The number of hydrogen-bond donors (Lipinski definition) is 2. The Balaban J connectivity index is 2.18. The number of nitrogens with zero attached hydrogens (tertiary/aromatic N) is 2. The first-order chi connectivity index (χ1) is 7.70. The minimum atomic E-state index is -0.518. The molecule has 86 valence electrons. The largest absolute Gasteiger partial charge is 0.443 e. The van der Waals surface area contributed by atoms with Crippen LogP contribution in [-0.2, 0) is 0 Å². The number of fused-ring (bicyclic) bond motifs is 1. The van der Waals surface area contributed by atoms with Gasteiger partial charge in [0, 0.05) is 31.9 Å². The molecule has 0 saturated heterocycles. The molecule has 0 spiro atoms. The molecular weight excluding hydrogens is 206 g/mol. The van der Waals surface area contributed by atoms with E-state index in [0.717, 1.165) is 16.8 Å². The van der Waals surface area contributed by atoms with E-state index in [0.29, 0.717) is 6.54 Å². The highest BCUT2D eigenvalue weighted by Gasteiger charge is 2.08. The summed E-state index contributed by atoms with van der Waals surface area (Å²) in [6, 6.07) is 5.72. The molecule has 0 radical (unpaired) electrons. The molecule has 2 aromatic rings. The Labute approximate surface area is 93.5 Å². The molecule has 1 unspecified atom stereocenters. The molecule has 1 aromatic carbocycles. The number of nitrogens with two attached hydrogens (primary N) is 1. The highest BCUT2D eigenvalue weighted by Crippen LogP contribution is 2.20. The van der Waals surface area contributed by atoms with Crippen LogP contribution in [0.25, 0.3) is 11.1 Å². The van der Waals surface area contributed by atoms with E-state index in [1.807, 2.05) is 30.1 Å². The summed E-state index contributed by atoms with van der Waals surface area (Å²) in [7, 11) is 1.90. The smallest absolute Gasteiger partial charge is 0.181 e. The van der Waals surface area contributed by atoms with E-state index in [1.165, 1.54) is 6.39 Å². The van der Waals surface area contributed by atoms with Gasteiger partial charge in [-0.2, -0.15) is 0 Å². The van der Waals surface area contributed by atoms with Gasteiger partial charge in [-0.3, -0.25) is 0 Å². The standard InChI is InChI=1S/C11H15N3O2/c1-14(6-9(15)5-12)8-2-3-10-11(4-8)16-7-13-10/h2-4,7,9,15H,5-6,12H2,1H3. The molecular formula is C11H15N3O2. The topological polar surface area (TPSA) is 75.5 Å². The number of rotatable bonds is 4. The fraction of sp³-hybridized carbons (Fsp3) is 0.364. The lowest BCUT2D eigenvalue weighted by molar-refractivity contribution is 0.189. The molecule has 0 fully saturated rings. The molecule has 0 aliphatic carbocycles. The van der Waals surface area contributed by atoms with Crippen molar-refractivity contribution in [3.63, 3.8) is 0 Å². The molecule has 16 heavy (non-hydrogen) atoms. The fourth-order valence-electron chi connectivity index (χ4n) is 1.58. The zero-order valence-electron chi connectivity index (χ0n) is 9.13. The third kappa shape index (κ3) is 2.15. The number of anilines is 1. The van der Waals surface area contributed by atoms with E-state index in [4.69, 9.17) is 10.2 Å². The van der Waals surface area contributed by atoms with Crippen molar-refractivity contribution in [1.82, 2.24) is 4.98 Å². The van der Waals surface area contributed by atoms with Crippen molar-refractivity contribution in [2.24, 2.45) is 5.73 Å². The molecule has 1 heterocycles. The molecule has 2 rings (SSSR count). The van der Waals surface area contributed by atoms with Gasteiger partial charge in [-0.1, -0.05) is 0 Å². The number of aromatic nitrogens is 1. The van der Waals surface area contributed by atoms with E-state index >= 15 is 0 Å². The molecule has 0 amide bonds. The zero-order chi connectivity index (χ0) is 11.5. The van der Waals surface area contributed by atoms with Crippen LogP contribution in [0, 0.1) is 0 Å². The van der Waals surface area contributed by atoms with Crippen molar-refractivity contribution in [2.45, 2.75) is 6.10 Å². The van der Waals surface area contributed by atoms with Gasteiger partial charge >= 0.3 is 0 Å². The van der Waals surface area contributed by atoms with E-state index < -0.39 is 6.10 Å². The molecule has 3 N–H and O–H groups in total. The van der Waals surface area contributed by atoms with Gasteiger partial charge in [0.05, 0.1) is 6.10 Å². The van der Waals surface area contributed by atoms with Crippen LogP contribution in [0.3, 0.4) is 0 Å². The Hall–Kier alpha value is -1.59. The molecule has 0 bridgehead atoms. The summed E-state index contributed by atoms with van der Waals surface area (Å²) in [5, 5.41) is 9.46. The lowest BCUT2D eigenvalue weighted by Crippen LogP contribution is -2.34. The minimum Gasteiger partial charge on any atom is -0.443 e. The van der Waals surface area contributed by atoms with Crippen LogP contribution in [0.2, 0.25) is 0 Å². The van der Waals surface area contributed by atoms with Crippen molar-refractivity contribution in [1.29, 1.82) is 0 Å². The Morgan fingerprint density at radius 2 is 2.38 bits per heavy atom. The number of benzene rings is 1. The Morgan fingerprint density at radius 1 is 1.56 bits per heavy atom. The third-order valence-electron chi connectivity index (χ3n) is 2.51. The first-order valence-electron chi connectivity index (χ1n) is 5.13. The maximum Gasteiger partial charge on any atom is 0.181 e. The van der Waals surface area contributed by atoms with E-state index in [-0.39, 0.29) is 6.54 Å². The molecule has 0 aliphatic rings. The second-order valence-corrected chi connectivity index (χ2v) is 3.77. The van der Waals surface area contributed by atoms with Crippen LogP contribution in [0.15, 0.2) is 29.0 Å². The van der Waals surface area contributed by atoms with Gasteiger partial charge in [0.2, 0.25) is 0 Å². The third-order valence-corrected chi connectivity index (χ3v) is 2.51. The second kappa shape index (κ2) is 4.51. The fourth-order valence-corrected chi connectivity index (χ4v) is 1.58. The molecule has 5 nitrogen and oxygen atoms in total. The maximum atomic E-state index is 9.46. The second-order valence-electron chi connectivity index (χ2n) is 3.77. The first kappa shape index (κ1) is 10.9. The summed E-state index contributed by atoms with van der Waals surface area (Å²) in [5.41, 5.74) is 7.91. The summed E-state index contributed by atoms with van der Waals surface area (Å²) in [4.78, 5) is 5.97. The Morgan fingerprint density at radius 3 is 3.12 bits per heavy atom. The van der Waals surface area contributed by atoms with Crippen LogP contribution >= 0.6 is 0 Å². The summed E-state index contributed by atoms with van der Waals surface area (Å²) < 4.78 is 5.22. The summed E-state index contributed by atoms with van der Waals surface area (Å²) in [6.07, 6.45) is 0.902. The van der Waals surface area contributed by atoms with Crippen LogP contribution in [0.1, 0.15) is 0 Å². The number of likely N-dealkylation sites (N-methyl/N-ethyl adjacent to an activating group) is 1. The predicted octanol–water partition coefficient (Wildman–Crippen LogP) is 0.584. The quantitative estimate of drug-likeness (QED) is 0.790. The van der Waals surface area contributed by atoms with Gasteiger partial charge in [-0.15, -0.1) is 0 Å². The van der Waals surface area contributed by atoms with E-state index in [9.17, 15) is 5.11 Å². The number of oxazole rings is 1. The Kier molecular flexibility index (Phi) is 3.07. The zero-order valence-corrected chi connectivity index (χ0v) is 9.13. The van der Waals surface area contributed by atoms with E-state index in [1.54, 1.807) is 0 Å². The van der Waals surface area contributed by atoms with Crippen LogP contribution in [0.5, 0.6) is 0 Å². The SMILES string of the molecule is CN(CC(O)CN)c1ccc2ncoc2c1. The summed E-state index contributed by atoms with van der Waals surface area (Å²) in [5.74, 6) is 0. The van der Waals surface area contributed by atoms with Crippen LogP contribution in [0.4, 0.5) is 5.69 Å². The van der Waals surface area contributed by atoms with Crippen molar-refractivity contribution in [3.05, 3.63) is 24.6 Å². The van der Waals surface area contributed by atoms with Gasteiger partial charge in [0.1, 0.15) is 5.52 Å². The summed E-state index contributed by atoms with van der Waals surface area (Å²) in [6.45, 7) is 0.755. The average Bonchev–Trinajstić information content (AvgIpc) is 2.75. The van der Waals surface area contributed by atoms with Crippen LogP contribution < -0.4 is 10.6 Å². The monoisotopic (exact) mass is 221 g/mol.